The van der Waals surface area contributed by atoms with Gasteiger partial charge in [-0.1, -0.05) is 43.7 Å². The van der Waals surface area contributed by atoms with Gasteiger partial charge < -0.3 is 25.3 Å². The number of imidazole rings is 1. The molecule has 4 N–H and O–H groups in total. The molecular formula is C25H33N7O6. The molecule has 3 aromatic rings. The minimum Gasteiger partial charge on any atom is -0.471 e. The van der Waals surface area contributed by atoms with Crippen LogP contribution >= 0.6 is 0 Å². The standard InChI is InChI=1S/C25H33N7O6/c1-6-13-25(20(33)36-7-2,31-23(35)38-24(3,4)5)30-22(34)32-15-27-17-18(32)28-21(26)29-19(17)37-14-16-11-9-8-10-12-16/h8-12,15H,6-7,13-14H2,1-5H3,(H,30,34)(H,31,35)(H2,26,28,29). The molecule has 0 aliphatic rings. The van der Waals surface area contributed by atoms with Crippen LogP contribution in [0.2, 0.25) is 0 Å². The molecule has 2 aromatic heterocycles. The van der Waals surface area contributed by atoms with Gasteiger partial charge in [-0.3, -0.25) is 5.32 Å². The summed E-state index contributed by atoms with van der Waals surface area (Å²) in [5, 5.41) is 5.07. The van der Waals surface area contributed by atoms with E-state index in [1.54, 1.807) is 34.6 Å². The number of hydrogen-bond acceptors (Lipinski definition) is 10. The van der Waals surface area contributed by atoms with E-state index in [0.29, 0.717) is 6.42 Å². The summed E-state index contributed by atoms with van der Waals surface area (Å²) in [6.07, 6.45) is 0.717. The Morgan fingerprint density at radius 2 is 1.76 bits per heavy atom. The number of nitrogens with two attached hydrogens (primary N) is 1. The van der Waals surface area contributed by atoms with Gasteiger partial charge in [-0.25, -0.2) is 23.9 Å². The zero-order valence-electron chi connectivity index (χ0n) is 22.1. The van der Waals surface area contributed by atoms with Gasteiger partial charge in [0.2, 0.25) is 17.5 Å². The number of rotatable bonds is 9. The highest BCUT2D eigenvalue weighted by Crippen LogP contribution is 2.23. The second-order valence-electron chi connectivity index (χ2n) is 9.38. The average Bonchev–Trinajstić information content (AvgIpc) is 3.26. The first-order valence-corrected chi connectivity index (χ1v) is 12.2. The monoisotopic (exact) mass is 527 g/mol. The Hall–Kier alpha value is -4.42. The predicted molar refractivity (Wildman–Crippen MR) is 138 cm³/mol. The van der Waals surface area contributed by atoms with E-state index in [4.69, 9.17) is 19.9 Å². The van der Waals surface area contributed by atoms with Gasteiger partial charge >= 0.3 is 18.1 Å². The number of benzene rings is 1. The van der Waals surface area contributed by atoms with Gasteiger partial charge in [0.1, 0.15) is 18.5 Å². The van der Waals surface area contributed by atoms with Crippen LogP contribution in [0.1, 0.15) is 53.0 Å². The van der Waals surface area contributed by atoms with E-state index in [2.05, 4.69) is 25.6 Å². The third-order valence-electron chi connectivity index (χ3n) is 5.10. The Kier molecular flexibility index (Phi) is 8.71. The largest absolute Gasteiger partial charge is 0.471 e. The number of fused-ring (bicyclic) bond motifs is 1. The lowest BCUT2D eigenvalue weighted by molar-refractivity contribution is -0.152. The topological polar surface area (TPSA) is 173 Å². The van der Waals surface area contributed by atoms with Crippen molar-refractivity contribution in [2.75, 3.05) is 12.3 Å². The molecule has 0 aliphatic heterocycles. The number of ether oxygens (including phenoxy) is 3. The summed E-state index contributed by atoms with van der Waals surface area (Å²) in [5.41, 5.74) is 4.24. The molecule has 2 heterocycles. The minimum absolute atomic E-state index is 0.0198. The van der Waals surface area contributed by atoms with Crippen molar-refractivity contribution in [3.63, 3.8) is 0 Å². The maximum Gasteiger partial charge on any atom is 0.409 e. The zero-order chi connectivity index (χ0) is 27.9. The average molecular weight is 528 g/mol. The fourth-order valence-electron chi connectivity index (χ4n) is 3.58. The van der Waals surface area contributed by atoms with Crippen molar-refractivity contribution in [2.45, 2.75) is 65.3 Å². The number of nitrogen functional groups attached to an aromatic ring is 1. The Labute approximate surface area is 220 Å². The van der Waals surface area contributed by atoms with E-state index < -0.39 is 29.4 Å². The number of nitrogens with zero attached hydrogens (tertiary/aromatic N) is 4. The molecule has 1 aromatic carbocycles. The van der Waals surface area contributed by atoms with Crippen LogP contribution in [0.3, 0.4) is 0 Å². The maximum atomic E-state index is 13.5. The quantitative estimate of drug-likeness (QED) is 0.277. The highest BCUT2D eigenvalue weighted by molar-refractivity contribution is 5.94. The molecule has 1 atom stereocenters. The van der Waals surface area contributed by atoms with Crippen LogP contribution in [-0.4, -0.2) is 55.5 Å². The van der Waals surface area contributed by atoms with E-state index in [1.165, 1.54) is 6.33 Å². The van der Waals surface area contributed by atoms with Gasteiger partial charge in [-0.2, -0.15) is 9.97 Å². The second-order valence-corrected chi connectivity index (χ2v) is 9.38. The molecule has 13 nitrogen and oxygen atoms in total. The summed E-state index contributed by atoms with van der Waals surface area (Å²) < 4.78 is 17.4. The van der Waals surface area contributed by atoms with Gasteiger partial charge in [0, 0.05) is 6.42 Å². The fourth-order valence-corrected chi connectivity index (χ4v) is 3.58. The van der Waals surface area contributed by atoms with E-state index in [-0.39, 0.29) is 42.6 Å². The smallest absolute Gasteiger partial charge is 0.409 e. The Balaban J connectivity index is 1.94. The predicted octanol–water partition coefficient (Wildman–Crippen LogP) is 3.13. The zero-order valence-corrected chi connectivity index (χ0v) is 22.1. The first kappa shape index (κ1) is 28.2. The SMILES string of the molecule is CCCC(NC(=O)OC(C)(C)C)(NC(=O)n1cnc2c(OCc3ccccc3)nc(N)nc21)C(=O)OCC. The van der Waals surface area contributed by atoms with Crippen molar-refractivity contribution in [3.05, 3.63) is 42.2 Å². The number of anilines is 1. The summed E-state index contributed by atoms with van der Waals surface area (Å²) >= 11 is 0. The van der Waals surface area contributed by atoms with Crippen molar-refractivity contribution in [1.82, 2.24) is 30.2 Å². The van der Waals surface area contributed by atoms with Gasteiger partial charge in [-0.15, -0.1) is 0 Å². The summed E-state index contributed by atoms with van der Waals surface area (Å²) in [4.78, 5) is 51.6. The number of nitrogens with one attached hydrogen (secondary N) is 2. The van der Waals surface area contributed by atoms with Crippen LogP contribution in [-0.2, 0) is 20.9 Å². The number of alkyl carbamates (subject to hydrolysis) is 1. The third kappa shape index (κ3) is 6.87. The summed E-state index contributed by atoms with van der Waals surface area (Å²) in [7, 11) is 0. The first-order valence-electron chi connectivity index (χ1n) is 12.2. The fraction of sp³-hybridized carbons (Fsp3) is 0.440. The Morgan fingerprint density at radius 1 is 1.05 bits per heavy atom. The van der Waals surface area contributed by atoms with Crippen LogP contribution in [0, 0.1) is 0 Å². The lowest BCUT2D eigenvalue weighted by Crippen LogP contribution is -2.67. The molecule has 1 unspecified atom stereocenters. The highest BCUT2D eigenvalue weighted by atomic mass is 16.6. The van der Waals surface area contributed by atoms with Crippen LogP contribution in [0.4, 0.5) is 15.5 Å². The van der Waals surface area contributed by atoms with Crippen molar-refractivity contribution in [1.29, 1.82) is 0 Å². The summed E-state index contributed by atoms with van der Waals surface area (Å²) in [5.74, 6) is -0.918. The number of esters is 1. The van der Waals surface area contributed by atoms with Crippen LogP contribution in [0.25, 0.3) is 11.2 Å². The van der Waals surface area contributed by atoms with Crippen molar-refractivity contribution >= 4 is 35.2 Å². The summed E-state index contributed by atoms with van der Waals surface area (Å²) in [6.45, 7) is 8.64. The lowest BCUT2D eigenvalue weighted by Gasteiger charge is -2.33. The number of aromatic nitrogens is 4. The first-order chi connectivity index (χ1) is 18.0. The van der Waals surface area contributed by atoms with Crippen LogP contribution in [0.15, 0.2) is 36.7 Å². The van der Waals surface area contributed by atoms with E-state index in [0.717, 1.165) is 10.1 Å². The third-order valence-corrected chi connectivity index (χ3v) is 5.10. The van der Waals surface area contributed by atoms with E-state index >= 15 is 0 Å². The van der Waals surface area contributed by atoms with E-state index in [9.17, 15) is 14.4 Å². The molecule has 0 spiro atoms. The molecule has 0 aliphatic carbocycles. The molecule has 0 saturated carbocycles. The summed E-state index contributed by atoms with van der Waals surface area (Å²) in [6, 6.07) is 8.58. The van der Waals surface area contributed by atoms with Gasteiger partial charge in [0.25, 0.3) is 0 Å². The molecule has 0 saturated heterocycles. The molecule has 38 heavy (non-hydrogen) atoms. The number of amides is 2. The molecule has 2 amide bonds. The van der Waals surface area contributed by atoms with Gasteiger partial charge in [0.15, 0.2) is 11.2 Å². The lowest BCUT2D eigenvalue weighted by atomic mass is 10.0. The second kappa shape index (κ2) is 11.8. The number of carbonyl (C=O) groups is 3. The van der Waals surface area contributed by atoms with Crippen LogP contribution in [0.5, 0.6) is 5.88 Å². The minimum atomic E-state index is -1.92. The molecule has 13 heteroatoms. The number of hydrogen-bond donors (Lipinski definition) is 3. The molecule has 204 valence electrons. The molecule has 3 rings (SSSR count). The molecule has 0 fully saturated rings. The number of carbonyl (C=O) groups excluding carboxylic acids is 3. The van der Waals surface area contributed by atoms with Crippen molar-refractivity contribution in [3.8, 4) is 5.88 Å². The molecular weight excluding hydrogens is 494 g/mol. The Bertz CT molecular complexity index is 1290. The molecule has 0 radical (unpaired) electrons. The van der Waals surface area contributed by atoms with E-state index in [1.807, 2.05) is 30.3 Å². The normalized spacial score (nSPS) is 12.9. The van der Waals surface area contributed by atoms with Gasteiger partial charge in [0.05, 0.1) is 6.61 Å². The highest BCUT2D eigenvalue weighted by Gasteiger charge is 2.44. The Morgan fingerprint density at radius 3 is 2.39 bits per heavy atom. The van der Waals surface area contributed by atoms with Crippen molar-refractivity contribution < 1.29 is 28.6 Å². The van der Waals surface area contributed by atoms with Crippen LogP contribution < -0.4 is 21.1 Å². The van der Waals surface area contributed by atoms with Gasteiger partial charge in [-0.05, 0) is 33.3 Å². The van der Waals surface area contributed by atoms with Crippen molar-refractivity contribution in [2.24, 2.45) is 0 Å². The maximum absolute atomic E-state index is 13.5. The molecule has 0 bridgehead atoms.